The molecule has 4 aliphatic rings. The Balaban J connectivity index is 1.28. The molecule has 0 aromatic rings. The molecule has 0 saturated carbocycles. The summed E-state index contributed by atoms with van der Waals surface area (Å²) in [5.74, 6) is 0. The number of hydrogen-bond acceptors (Lipinski definition) is 11. The van der Waals surface area contributed by atoms with Crippen molar-refractivity contribution < 1.29 is 27.6 Å². The van der Waals surface area contributed by atoms with Gasteiger partial charge in [0.1, 0.15) is 19.2 Å². The van der Waals surface area contributed by atoms with E-state index in [9.17, 15) is 13.2 Å². The molecule has 4 rings (SSSR count). The Bertz CT molecular complexity index is 613. The van der Waals surface area contributed by atoms with E-state index in [0.717, 1.165) is 45.6 Å². The smallest absolute Gasteiger partial charge is 0.374 e. The number of nitrogens with one attached hydrogen (secondary N) is 6. The van der Waals surface area contributed by atoms with Gasteiger partial charge in [0.2, 0.25) is 0 Å². The lowest BCUT2D eigenvalue weighted by molar-refractivity contribution is -0.202. The van der Waals surface area contributed by atoms with Crippen LogP contribution in [0.25, 0.3) is 0 Å². The lowest BCUT2D eigenvalue weighted by Gasteiger charge is -2.46. The molecule has 0 aromatic heterocycles. The SMILES string of the molecule is CC1CCC(CNC2NC(OCC(F)(F)F)NC(N3CCN(CC4NONC4C)CC3)N2)O1. The number of ether oxygens (including phenoxy) is 2. The molecular weight excluding hydrogens is 445 g/mol. The molecule has 0 aliphatic carbocycles. The van der Waals surface area contributed by atoms with Crippen LogP contribution in [-0.4, -0.2) is 105 Å². The molecule has 6 N–H and O–H groups in total. The number of piperazine rings is 1. The first-order valence-electron chi connectivity index (χ1n) is 11.7. The summed E-state index contributed by atoms with van der Waals surface area (Å²) in [5, 5.41) is 12.8. The van der Waals surface area contributed by atoms with Crippen LogP contribution in [0.15, 0.2) is 0 Å². The maximum Gasteiger partial charge on any atom is 0.411 e. The van der Waals surface area contributed by atoms with E-state index < -0.39 is 25.4 Å². The van der Waals surface area contributed by atoms with E-state index in [1.54, 1.807) is 0 Å². The van der Waals surface area contributed by atoms with Crippen molar-refractivity contribution in [3.63, 3.8) is 0 Å². The zero-order valence-electron chi connectivity index (χ0n) is 19.2. The van der Waals surface area contributed by atoms with Gasteiger partial charge in [0.05, 0.1) is 24.3 Å². The molecule has 0 spiro atoms. The van der Waals surface area contributed by atoms with Crippen LogP contribution in [0.3, 0.4) is 0 Å². The number of hydroxylamine groups is 2. The van der Waals surface area contributed by atoms with E-state index in [1.807, 2.05) is 6.92 Å². The molecule has 7 atom stereocenters. The van der Waals surface area contributed by atoms with Gasteiger partial charge in [-0.05, 0) is 26.7 Å². The molecule has 33 heavy (non-hydrogen) atoms. The van der Waals surface area contributed by atoms with Gasteiger partial charge in [-0.3, -0.25) is 31.1 Å². The number of halogens is 3. The normalized spacial score (nSPS) is 39.4. The minimum atomic E-state index is -4.39. The summed E-state index contributed by atoms with van der Waals surface area (Å²) >= 11 is 0. The molecule has 0 aromatic carbocycles. The summed E-state index contributed by atoms with van der Waals surface area (Å²) in [6, 6.07) is 0.432. The third-order valence-electron chi connectivity index (χ3n) is 6.52. The minimum Gasteiger partial charge on any atom is -0.374 e. The Morgan fingerprint density at radius 2 is 1.82 bits per heavy atom. The standard InChI is InChI=1S/C19H37F3N8O3/c1-12-3-4-14(32-12)9-23-16-24-17(26-18(25-16)31-11-19(20,21)22)30-7-5-29(6-8-30)10-15-13(2)27-33-28-15/h12-18,23-28H,3-11H2,1-2H3. The topological polar surface area (TPSA) is 106 Å². The third kappa shape index (κ3) is 7.67. The van der Waals surface area contributed by atoms with Crippen LogP contribution in [-0.2, 0) is 14.4 Å². The first kappa shape index (κ1) is 25.4. The predicted octanol–water partition coefficient (Wildman–Crippen LogP) is -1.23. The molecule has 192 valence electrons. The van der Waals surface area contributed by atoms with Crippen LogP contribution in [0.1, 0.15) is 26.7 Å². The first-order chi connectivity index (χ1) is 15.7. The summed E-state index contributed by atoms with van der Waals surface area (Å²) < 4.78 is 49.1. The highest BCUT2D eigenvalue weighted by molar-refractivity contribution is 4.86. The predicted molar refractivity (Wildman–Crippen MR) is 113 cm³/mol. The number of hydrogen-bond donors (Lipinski definition) is 6. The fraction of sp³-hybridized carbons (Fsp3) is 1.00. The fourth-order valence-electron chi connectivity index (χ4n) is 4.55. The Kier molecular flexibility index (Phi) is 8.78. The van der Waals surface area contributed by atoms with Gasteiger partial charge in [0, 0.05) is 39.3 Å². The van der Waals surface area contributed by atoms with Gasteiger partial charge in [0.25, 0.3) is 0 Å². The van der Waals surface area contributed by atoms with Gasteiger partial charge in [-0.25, -0.2) is 4.94 Å². The summed E-state index contributed by atoms with van der Waals surface area (Å²) in [7, 11) is 0. The van der Waals surface area contributed by atoms with Gasteiger partial charge in [-0.1, -0.05) is 0 Å². The molecule has 4 heterocycles. The van der Waals surface area contributed by atoms with Crippen LogP contribution >= 0.6 is 0 Å². The van der Waals surface area contributed by atoms with Gasteiger partial charge < -0.3 is 9.47 Å². The van der Waals surface area contributed by atoms with Crippen LogP contribution in [0.5, 0.6) is 0 Å². The van der Waals surface area contributed by atoms with Gasteiger partial charge in [0.15, 0.2) is 6.35 Å². The van der Waals surface area contributed by atoms with Crippen molar-refractivity contribution in [3.05, 3.63) is 0 Å². The highest BCUT2D eigenvalue weighted by Gasteiger charge is 2.36. The van der Waals surface area contributed by atoms with E-state index in [4.69, 9.17) is 14.4 Å². The van der Waals surface area contributed by atoms with E-state index in [1.165, 1.54) is 0 Å². The average Bonchev–Trinajstić information content (AvgIpc) is 3.38. The highest BCUT2D eigenvalue weighted by Crippen LogP contribution is 2.19. The second-order valence-corrected chi connectivity index (χ2v) is 9.27. The highest BCUT2D eigenvalue weighted by atomic mass is 19.4. The third-order valence-corrected chi connectivity index (χ3v) is 6.52. The van der Waals surface area contributed by atoms with Crippen molar-refractivity contribution in [2.75, 3.05) is 45.9 Å². The second kappa shape index (κ2) is 11.4. The first-order valence-corrected chi connectivity index (χ1v) is 11.7. The molecule has 4 saturated heterocycles. The van der Waals surface area contributed by atoms with Crippen LogP contribution in [0.4, 0.5) is 13.2 Å². The number of rotatable bonds is 8. The van der Waals surface area contributed by atoms with Gasteiger partial charge in [-0.15, -0.1) is 0 Å². The molecule has 0 radical (unpaired) electrons. The minimum absolute atomic E-state index is 0.0973. The summed E-state index contributed by atoms with van der Waals surface area (Å²) in [6.07, 6.45) is -3.77. The summed E-state index contributed by atoms with van der Waals surface area (Å²) in [6.45, 7) is 7.47. The van der Waals surface area contributed by atoms with Crippen molar-refractivity contribution in [2.45, 2.75) is 76.1 Å². The maximum atomic E-state index is 12.7. The molecule has 0 bridgehead atoms. The molecule has 0 amide bonds. The van der Waals surface area contributed by atoms with E-state index >= 15 is 0 Å². The largest absolute Gasteiger partial charge is 0.411 e. The van der Waals surface area contributed by atoms with Crippen LogP contribution in [0.2, 0.25) is 0 Å². The molecule has 4 fully saturated rings. The van der Waals surface area contributed by atoms with Crippen molar-refractivity contribution in [2.24, 2.45) is 0 Å². The zero-order chi connectivity index (χ0) is 23.4. The zero-order valence-corrected chi connectivity index (χ0v) is 19.2. The number of nitrogens with zero attached hydrogens (tertiary/aromatic N) is 2. The molecular formula is C19H37F3N8O3. The Morgan fingerprint density at radius 1 is 1.03 bits per heavy atom. The molecule has 11 nitrogen and oxygen atoms in total. The monoisotopic (exact) mass is 482 g/mol. The quantitative estimate of drug-likeness (QED) is 0.251. The van der Waals surface area contributed by atoms with Crippen LogP contribution < -0.4 is 32.2 Å². The summed E-state index contributed by atoms with van der Waals surface area (Å²) in [5.41, 5.74) is 5.88. The summed E-state index contributed by atoms with van der Waals surface area (Å²) in [4.78, 5) is 9.63. The van der Waals surface area contributed by atoms with Gasteiger partial charge in [-0.2, -0.15) is 24.1 Å². The molecule has 7 unspecified atom stereocenters. The molecule has 14 heteroatoms. The van der Waals surface area contributed by atoms with E-state index in [-0.39, 0.29) is 30.6 Å². The number of alkyl halides is 3. The van der Waals surface area contributed by atoms with Crippen molar-refractivity contribution >= 4 is 0 Å². The van der Waals surface area contributed by atoms with Crippen molar-refractivity contribution in [3.8, 4) is 0 Å². The maximum absolute atomic E-state index is 12.7. The average molecular weight is 483 g/mol. The lowest BCUT2D eigenvalue weighted by Crippen LogP contribution is -2.76. The lowest BCUT2D eigenvalue weighted by atomic mass is 10.1. The fourth-order valence-corrected chi connectivity index (χ4v) is 4.55. The van der Waals surface area contributed by atoms with Gasteiger partial charge >= 0.3 is 6.18 Å². The molecule has 4 aliphatic heterocycles. The Labute approximate surface area is 192 Å². The van der Waals surface area contributed by atoms with E-state index in [0.29, 0.717) is 6.54 Å². The van der Waals surface area contributed by atoms with Crippen molar-refractivity contribution in [1.29, 1.82) is 0 Å². The second-order valence-electron chi connectivity index (χ2n) is 9.27. The Morgan fingerprint density at radius 3 is 2.45 bits per heavy atom. The Hall–Kier alpha value is -0.650. The van der Waals surface area contributed by atoms with Crippen molar-refractivity contribution in [1.82, 2.24) is 42.0 Å². The van der Waals surface area contributed by atoms with Crippen LogP contribution in [0, 0.1) is 0 Å². The van der Waals surface area contributed by atoms with E-state index in [2.05, 4.69) is 49.0 Å².